The molecule has 0 aliphatic rings. The van der Waals surface area contributed by atoms with Crippen molar-refractivity contribution < 1.29 is 29.0 Å². The van der Waals surface area contributed by atoms with Gasteiger partial charge in [0.15, 0.2) is 0 Å². The third-order valence-electron chi connectivity index (χ3n) is 8.55. The SMILES string of the molecule is CCCCOc1cc(C[C@@H](C[C@H](NC(=O)OC(C)(C)C)[C@@H](O)C[C@H](C(=O)CCC(C)(C)C(N)=O)C(C)C)C(C)C)ccc1C. The minimum absolute atomic E-state index is 0.0138. The van der Waals surface area contributed by atoms with Crippen LogP contribution in [0.15, 0.2) is 18.2 Å². The second-order valence-corrected chi connectivity index (χ2v) is 14.9. The van der Waals surface area contributed by atoms with Crippen LogP contribution in [0.25, 0.3) is 0 Å². The molecule has 4 N–H and O–H groups in total. The summed E-state index contributed by atoms with van der Waals surface area (Å²) in [5, 5.41) is 14.6. The van der Waals surface area contributed by atoms with Crippen molar-refractivity contribution in [2.45, 2.75) is 139 Å². The molecule has 0 heterocycles. The van der Waals surface area contributed by atoms with Crippen LogP contribution >= 0.6 is 0 Å². The van der Waals surface area contributed by atoms with Gasteiger partial charge in [-0.3, -0.25) is 9.59 Å². The Labute approximate surface area is 267 Å². The molecule has 0 saturated carbocycles. The monoisotopic (exact) mass is 618 g/mol. The minimum atomic E-state index is -0.977. The van der Waals surface area contributed by atoms with Gasteiger partial charge in [0.2, 0.25) is 5.91 Å². The molecule has 1 rings (SSSR count). The number of primary amides is 1. The molecule has 0 aliphatic carbocycles. The average Bonchev–Trinajstić information content (AvgIpc) is 2.89. The fraction of sp³-hybridized carbons (Fsp3) is 0.750. The van der Waals surface area contributed by atoms with Crippen LogP contribution in [-0.4, -0.2) is 47.2 Å². The van der Waals surface area contributed by atoms with Crippen molar-refractivity contribution in [1.29, 1.82) is 0 Å². The fourth-order valence-corrected chi connectivity index (χ4v) is 5.19. The number of hydrogen-bond donors (Lipinski definition) is 3. The van der Waals surface area contributed by atoms with E-state index in [4.69, 9.17) is 15.2 Å². The highest BCUT2D eigenvalue weighted by molar-refractivity contribution is 5.84. The maximum atomic E-state index is 13.4. The first-order chi connectivity index (χ1) is 20.3. The van der Waals surface area contributed by atoms with Crippen molar-refractivity contribution in [3.8, 4) is 5.75 Å². The molecule has 8 heteroatoms. The third kappa shape index (κ3) is 14.0. The predicted octanol–water partition coefficient (Wildman–Crippen LogP) is 7.16. The zero-order chi connectivity index (χ0) is 33.8. The normalized spacial score (nSPS) is 15.0. The lowest BCUT2D eigenvalue weighted by atomic mass is 9.78. The highest BCUT2D eigenvalue weighted by atomic mass is 16.6. The van der Waals surface area contributed by atoms with E-state index in [1.807, 2.05) is 20.8 Å². The van der Waals surface area contributed by atoms with Crippen molar-refractivity contribution in [1.82, 2.24) is 5.32 Å². The molecule has 0 saturated heterocycles. The zero-order valence-electron chi connectivity index (χ0n) is 29.4. The Bertz CT molecular complexity index is 1060. The number of aryl methyl sites for hydroxylation is 1. The van der Waals surface area contributed by atoms with Crippen LogP contribution < -0.4 is 15.8 Å². The quantitative estimate of drug-likeness (QED) is 0.141. The molecule has 0 radical (unpaired) electrons. The summed E-state index contributed by atoms with van der Waals surface area (Å²) in [5.74, 6) is 0.347. The van der Waals surface area contributed by atoms with Crippen molar-refractivity contribution >= 4 is 17.8 Å². The van der Waals surface area contributed by atoms with Gasteiger partial charge in [0.1, 0.15) is 17.1 Å². The number of carbonyl (C=O) groups is 3. The lowest BCUT2D eigenvalue weighted by Gasteiger charge is -2.33. The standard InChI is InChI=1S/C36H62N2O6/c1-12-13-18-43-32-20-26(15-14-25(32)6)19-27(23(2)3)21-29(38-34(42)44-35(7,8)9)31(40)22-28(24(4)5)30(39)16-17-36(10,11)33(37)41/h14-15,20,23-24,27-29,31,40H,12-13,16-19,21-22H2,1-11H3,(H2,37,41)(H,38,42)/t27-,28-,29-,31-/m0/s1. The first-order valence-corrected chi connectivity index (χ1v) is 16.5. The number of hydrogen-bond acceptors (Lipinski definition) is 6. The molecule has 252 valence electrons. The van der Waals surface area contributed by atoms with Crippen LogP contribution in [0.3, 0.4) is 0 Å². The molecular weight excluding hydrogens is 556 g/mol. The van der Waals surface area contributed by atoms with E-state index in [0.717, 1.165) is 36.1 Å². The lowest BCUT2D eigenvalue weighted by molar-refractivity contribution is -0.129. The summed E-state index contributed by atoms with van der Waals surface area (Å²) in [6, 6.07) is 5.68. The van der Waals surface area contributed by atoms with Gasteiger partial charge in [-0.1, -0.05) is 67.0 Å². The maximum Gasteiger partial charge on any atom is 0.407 e. The Balaban J connectivity index is 3.24. The topological polar surface area (TPSA) is 128 Å². The largest absolute Gasteiger partial charge is 0.493 e. The number of rotatable bonds is 19. The number of aliphatic hydroxyl groups is 1. The summed E-state index contributed by atoms with van der Waals surface area (Å²) in [6.07, 6.45) is 2.47. The molecule has 0 fully saturated rings. The number of unbranched alkanes of at least 4 members (excludes halogenated alkanes) is 1. The number of nitrogens with one attached hydrogen (secondary N) is 1. The van der Waals surface area contributed by atoms with Gasteiger partial charge < -0.3 is 25.6 Å². The molecule has 44 heavy (non-hydrogen) atoms. The molecule has 4 atom stereocenters. The van der Waals surface area contributed by atoms with E-state index in [2.05, 4.69) is 44.3 Å². The molecule has 1 aromatic rings. The molecule has 2 amide bonds. The molecule has 0 aromatic heterocycles. The van der Waals surface area contributed by atoms with E-state index in [9.17, 15) is 19.5 Å². The van der Waals surface area contributed by atoms with E-state index >= 15 is 0 Å². The summed E-state index contributed by atoms with van der Waals surface area (Å²) in [7, 11) is 0. The van der Waals surface area contributed by atoms with Crippen molar-refractivity contribution in [3.63, 3.8) is 0 Å². The number of benzene rings is 1. The number of nitrogens with two attached hydrogens (primary N) is 1. The number of ether oxygens (including phenoxy) is 2. The van der Waals surface area contributed by atoms with Gasteiger partial charge in [-0.25, -0.2) is 4.79 Å². The second-order valence-electron chi connectivity index (χ2n) is 14.9. The van der Waals surface area contributed by atoms with E-state index in [1.165, 1.54) is 0 Å². The first-order valence-electron chi connectivity index (χ1n) is 16.5. The fourth-order valence-electron chi connectivity index (χ4n) is 5.19. The Morgan fingerprint density at radius 2 is 1.64 bits per heavy atom. The maximum absolute atomic E-state index is 13.4. The first kappa shape index (κ1) is 39.4. The van der Waals surface area contributed by atoms with Gasteiger partial charge in [-0.15, -0.1) is 0 Å². The van der Waals surface area contributed by atoms with Crippen LogP contribution in [-0.2, 0) is 20.7 Å². The summed E-state index contributed by atoms with van der Waals surface area (Å²) in [4.78, 5) is 38.1. The molecule has 8 nitrogen and oxygen atoms in total. The molecular formula is C36H62N2O6. The lowest BCUT2D eigenvalue weighted by Crippen LogP contribution is -2.48. The van der Waals surface area contributed by atoms with Crippen LogP contribution in [0.4, 0.5) is 4.79 Å². The van der Waals surface area contributed by atoms with Crippen molar-refractivity contribution in [2.75, 3.05) is 6.61 Å². The van der Waals surface area contributed by atoms with Crippen LogP contribution in [0.1, 0.15) is 119 Å². The Morgan fingerprint density at radius 1 is 1.00 bits per heavy atom. The summed E-state index contributed by atoms with van der Waals surface area (Å²) >= 11 is 0. The molecule has 0 unspecified atom stereocenters. The Morgan fingerprint density at radius 3 is 2.16 bits per heavy atom. The predicted molar refractivity (Wildman–Crippen MR) is 178 cm³/mol. The van der Waals surface area contributed by atoms with Crippen molar-refractivity contribution in [2.24, 2.45) is 34.8 Å². The second kappa shape index (κ2) is 17.8. The van der Waals surface area contributed by atoms with E-state index < -0.39 is 41.1 Å². The summed E-state index contributed by atoms with van der Waals surface area (Å²) in [5.41, 5.74) is 6.26. The summed E-state index contributed by atoms with van der Waals surface area (Å²) < 4.78 is 11.6. The van der Waals surface area contributed by atoms with Gasteiger partial charge in [0.05, 0.1) is 18.8 Å². The van der Waals surface area contributed by atoms with Gasteiger partial charge in [-0.05, 0) is 94.7 Å². The van der Waals surface area contributed by atoms with Crippen LogP contribution in [0, 0.1) is 36.0 Å². The average molecular weight is 619 g/mol. The highest BCUT2D eigenvalue weighted by Gasteiger charge is 2.34. The van der Waals surface area contributed by atoms with Crippen molar-refractivity contribution in [3.05, 3.63) is 29.3 Å². The number of alkyl carbamates (subject to hydrolysis) is 1. The third-order valence-corrected chi connectivity index (χ3v) is 8.55. The number of Topliss-reactive ketones (excluding diaryl/α,β-unsaturated/α-hetero) is 1. The van der Waals surface area contributed by atoms with Crippen LogP contribution in [0.2, 0.25) is 0 Å². The number of carbonyl (C=O) groups excluding carboxylic acids is 3. The van der Waals surface area contributed by atoms with Crippen LogP contribution in [0.5, 0.6) is 5.75 Å². The molecule has 0 aliphatic heterocycles. The van der Waals surface area contributed by atoms with Gasteiger partial charge >= 0.3 is 6.09 Å². The highest BCUT2D eigenvalue weighted by Crippen LogP contribution is 2.31. The smallest absolute Gasteiger partial charge is 0.407 e. The van der Waals surface area contributed by atoms with Gasteiger partial charge in [0.25, 0.3) is 0 Å². The van der Waals surface area contributed by atoms with E-state index in [0.29, 0.717) is 19.4 Å². The minimum Gasteiger partial charge on any atom is -0.493 e. The number of ketones is 1. The summed E-state index contributed by atoms with van der Waals surface area (Å²) in [6.45, 7) is 22.0. The van der Waals surface area contributed by atoms with Gasteiger partial charge in [0, 0.05) is 17.8 Å². The zero-order valence-corrected chi connectivity index (χ0v) is 29.4. The molecule has 1 aromatic carbocycles. The molecule has 0 spiro atoms. The molecule has 0 bridgehead atoms. The number of aliphatic hydroxyl groups excluding tert-OH is 1. The van der Waals surface area contributed by atoms with E-state index in [1.54, 1.807) is 34.6 Å². The van der Waals surface area contributed by atoms with E-state index in [-0.39, 0.29) is 36.4 Å². The Kier molecular flexibility index (Phi) is 15.9. The number of amides is 2. The van der Waals surface area contributed by atoms with Gasteiger partial charge in [-0.2, -0.15) is 0 Å². The Hall–Kier alpha value is -2.61.